The minimum Gasteiger partial charge on any atom is -0.504 e. The van der Waals surface area contributed by atoms with Crippen molar-refractivity contribution < 1.29 is 19.6 Å². The minimum atomic E-state index is -1.51. The van der Waals surface area contributed by atoms with E-state index in [1.807, 2.05) is 13.8 Å². The fraction of sp³-hybridized carbons (Fsp3) is 0.375. The third kappa shape index (κ3) is 2.67. The van der Waals surface area contributed by atoms with E-state index in [-0.39, 0.29) is 17.5 Å². The second kappa shape index (κ2) is 6.08. The Morgan fingerprint density at radius 3 is 2.72 bits per heavy atom. The SMILES string of the molecule is COc1ccc(C2c3cnn(C(C)C)c3NC(=O)C2[N+](=O)[O-])cc1O. The summed E-state index contributed by atoms with van der Waals surface area (Å²) in [7, 11) is 1.41. The van der Waals surface area contributed by atoms with Gasteiger partial charge in [-0.3, -0.25) is 14.9 Å². The number of benzene rings is 1. The van der Waals surface area contributed by atoms with Crippen LogP contribution < -0.4 is 10.1 Å². The molecular weight excluding hydrogens is 328 g/mol. The van der Waals surface area contributed by atoms with Gasteiger partial charge in [0, 0.05) is 16.5 Å². The Labute approximate surface area is 143 Å². The number of anilines is 1. The van der Waals surface area contributed by atoms with E-state index in [1.165, 1.54) is 25.4 Å². The maximum Gasteiger partial charge on any atom is 0.301 e. The Hall–Kier alpha value is -3.10. The van der Waals surface area contributed by atoms with Crippen LogP contribution in [0.4, 0.5) is 5.82 Å². The van der Waals surface area contributed by atoms with Gasteiger partial charge in [-0.1, -0.05) is 6.07 Å². The topological polar surface area (TPSA) is 120 Å². The van der Waals surface area contributed by atoms with Crippen molar-refractivity contribution in [2.75, 3.05) is 12.4 Å². The summed E-state index contributed by atoms with van der Waals surface area (Å²) < 4.78 is 6.62. The minimum absolute atomic E-state index is 0.0267. The number of carbonyl (C=O) groups is 1. The van der Waals surface area contributed by atoms with Crippen LogP contribution in [-0.4, -0.2) is 38.9 Å². The highest BCUT2D eigenvalue weighted by Gasteiger charge is 2.47. The van der Waals surface area contributed by atoms with Gasteiger partial charge >= 0.3 is 11.9 Å². The predicted octanol–water partition coefficient (Wildman–Crippen LogP) is 1.91. The number of rotatable bonds is 4. The number of amides is 1. The number of fused-ring (bicyclic) bond motifs is 1. The van der Waals surface area contributed by atoms with E-state index in [0.717, 1.165) is 0 Å². The molecule has 2 atom stereocenters. The predicted molar refractivity (Wildman–Crippen MR) is 88.5 cm³/mol. The fourth-order valence-electron chi connectivity index (χ4n) is 3.12. The van der Waals surface area contributed by atoms with Crippen LogP contribution in [0.5, 0.6) is 11.5 Å². The number of ether oxygens (including phenoxy) is 1. The molecule has 1 aromatic heterocycles. The molecule has 1 amide bonds. The van der Waals surface area contributed by atoms with Gasteiger partial charge in [-0.15, -0.1) is 0 Å². The molecule has 0 bridgehead atoms. The lowest BCUT2D eigenvalue weighted by atomic mass is 9.83. The number of hydrogen-bond acceptors (Lipinski definition) is 6. The van der Waals surface area contributed by atoms with E-state index in [0.29, 0.717) is 16.9 Å². The number of nitrogens with zero attached hydrogens (tertiary/aromatic N) is 3. The molecule has 9 heteroatoms. The second-order valence-electron chi connectivity index (χ2n) is 6.12. The molecular formula is C16H18N4O5. The van der Waals surface area contributed by atoms with Crippen molar-refractivity contribution >= 4 is 11.7 Å². The van der Waals surface area contributed by atoms with E-state index in [1.54, 1.807) is 10.7 Å². The lowest BCUT2D eigenvalue weighted by molar-refractivity contribution is -0.509. The number of aromatic nitrogens is 2. The molecule has 25 heavy (non-hydrogen) atoms. The van der Waals surface area contributed by atoms with Crippen LogP contribution in [0.2, 0.25) is 0 Å². The monoisotopic (exact) mass is 346 g/mol. The lowest BCUT2D eigenvalue weighted by Gasteiger charge is -2.27. The van der Waals surface area contributed by atoms with Crippen molar-refractivity contribution in [1.82, 2.24) is 9.78 Å². The van der Waals surface area contributed by atoms with E-state index >= 15 is 0 Å². The number of hydrogen-bond donors (Lipinski definition) is 2. The van der Waals surface area contributed by atoms with E-state index in [4.69, 9.17) is 4.74 Å². The van der Waals surface area contributed by atoms with Gasteiger partial charge in [-0.05, 0) is 31.5 Å². The highest BCUT2D eigenvalue weighted by atomic mass is 16.6. The molecule has 3 rings (SSSR count). The highest BCUT2D eigenvalue weighted by molar-refractivity contribution is 5.98. The smallest absolute Gasteiger partial charge is 0.301 e. The average molecular weight is 346 g/mol. The standard InChI is InChI=1S/C16H18N4O5/c1-8(2)19-15-10(7-17-19)13(14(20(23)24)16(22)18-15)9-4-5-12(25-3)11(21)6-9/h4-8,13-14,21H,1-3H3,(H,18,22). The van der Waals surface area contributed by atoms with Gasteiger partial charge < -0.3 is 15.2 Å². The first-order chi connectivity index (χ1) is 11.8. The van der Waals surface area contributed by atoms with Crippen LogP contribution in [0.3, 0.4) is 0 Å². The van der Waals surface area contributed by atoms with Crippen LogP contribution in [0, 0.1) is 10.1 Å². The summed E-state index contributed by atoms with van der Waals surface area (Å²) in [6.45, 7) is 3.79. The molecule has 2 aromatic rings. The summed E-state index contributed by atoms with van der Waals surface area (Å²) in [6.07, 6.45) is 1.53. The Morgan fingerprint density at radius 2 is 2.16 bits per heavy atom. The zero-order valence-electron chi connectivity index (χ0n) is 14.0. The van der Waals surface area contributed by atoms with Crippen molar-refractivity contribution in [1.29, 1.82) is 0 Å². The van der Waals surface area contributed by atoms with E-state index in [2.05, 4.69) is 10.4 Å². The third-order valence-corrected chi connectivity index (χ3v) is 4.26. The molecule has 1 aliphatic heterocycles. The van der Waals surface area contributed by atoms with Gasteiger partial charge in [0.1, 0.15) is 5.82 Å². The Balaban J connectivity index is 2.19. The fourth-order valence-corrected chi connectivity index (χ4v) is 3.12. The molecule has 132 valence electrons. The van der Waals surface area contributed by atoms with Gasteiger partial charge in [0.15, 0.2) is 11.5 Å². The molecule has 0 saturated carbocycles. The number of methoxy groups -OCH3 is 1. The van der Waals surface area contributed by atoms with Crippen molar-refractivity contribution in [3.05, 3.63) is 45.6 Å². The first-order valence-electron chi connectivity index (χ1n) is 7.73. The van der Waals surface area contributed by atoms with Crippen molar-refractivity contribution in [3.63, 3.8) is 0 Å². The average Bonchev–Trinajstić information content (AvgIpc) is 2.96. The number of carbonyl (C=O) groups excluding carboxylic acids is 1. The van der Waals surface area contributed by atoms with Crippen molar-refractivity contribution in [3.8, 4) is 11.5 Å². The number of phenols is 1. The summed E-state index contributed by atoms with van der Waals surface area (Å²) in [4.78, 5) is 23.3. The molecule has 0 radical (unpaired) electrons. The van der Waals surface area contributed by atoms with E-state index < -0.39 is 22.8 Å². The molecule has 1 aliphatic rings. The van der Waals surface area contributed by atoms with Gasteiger partial charge in [0.05, 0.1) is 19.2 Å². The lowest BCUT2D eigenvalue weighted by Crippen LogP contribution is -2.44. The number of nitrogens with one attached hydrogen (secondary N) is 1. The number of nitro groups is 1. The van der Waals surface area contributed by atoms with Gasteiger partial charge in [0.25, 0.3) is 0 Å². The zero-order chi connectivity index (χ0) is 18.3. The first-order valence-corrected chi connectivity index (χ1v) is 7.73. The van der Waals surface area contributed by atoms with E-state index in [9.17, 15) is 20.0 Å². The summed E-state index contributed by atoms with van der Waals surface area (Å²) in [6, 6.07) is 2.97. The molecule has 0 fully saturated rings. The van der Waals surface area contributed by atoms with Crippen LogP contribution >= 0.6 is 0 Å². The number of aromatic hydroxyl groups is 1. The second-order valence-corrected chi connectivity index (χ2v) is 6.12. The molecule has 2 heterocycles. The third-order valence-electron chi connectivity index (χ3n) is 4.26. The molecule has 9 nitrogen and oxygen atoms in total. The zero-order valence-corrected chi connectivity index (χ0v) is 14.0. The van der Waals surface area contributed by atoms with Crippen LogP contribution in [0.15, 0.2) is 24.4 Å². The van der Waals surface area contributed by atoms with Gasteiger partial charge in [-0.25, -0.2) is 4.68 Å². The van der Waals surface area contributed by atoms with Gasteiger partial charge in [-0.2, -0.15) is 5.10 Å². The normalized spacial score (nSPS) is 19.4. The maximum atomic E-state index is 12.4. The molecule has 0 aliphatic carbocycles. The Bertz CT molecular complexity index is 845. The quantitative estimate of drug-likeness (QED) is 0.644. The Morgan fingerprint density at radius 1 is 1.44 bits per heavy atom. The highest BCUT2D eigenvalue weighted by Crippen LogP contribution is 2.41. The van der Waals surface area contributed by atoms with Crippen molar-refractivity contribution in [2.45, 2.75) is 31.8 Å². The van der Waals surface area contributed by atoms with Crippen molar-refractivity contribution in [2.24, 2.45) is 0 Å². The molecule has 2 unspecified atom stereocenters. The Kier molecular flexibility index (Phi) is 4.07. The summed E-state index contributed by atoms with van der Waals surface area (Å²) in [5.41, 5.74) is 0.985. The summed E-state index contributed by atoms with van der Waals surface area (Å²) in [5, 5.41) is 28.4. The molecule has 0 spiro atoms. The van der Waals surface area contributed by atoms with Gasteiger partial charge in [0.2, 0.25) is 0 Å². The summed E-state index contributed by atoms with van der Waals surface area (Å²) >= 11 is 0. The molecule has 1 aromatic carbocycles. The first kappa shape index (κ1) is 16.7. The maximum absolute atomic E-state index is 12.4. The molecule has 0 saturated heterocycles. The number of phenolic OH excluding ortho intramolecular Hbond substituents is 1. The largest absolute Gasteiger partial charge is 0.504 e. The molecule has 2 N–H and O–H groups in total. The summed E-state index contributed by atoms with van der Waals surface area (Å²) in [5.74, 6) is -1.02. The van der Waals surface area contributed by atoms with Crippen LogP contribution in [0.25, 0.3) is 0 Å². The van der Waals surface area contributed by atoms with Crippen LogP contribution in [-0.2, 0) is 4.79 Å². The van der Waals surface area contributed by atoms with Crippen LogP contribution in [0.1, 0.15) is 36.9 Å².